The predicted octanol–water partition coefficient (Wildman–Crippen LogP) is 2.47. The second-order valence-electron chi connectivity index (χ2n) is 6.26. The molecule has 2 heterocycles. The van der Waals surface area contributed by atoms with Crippen LogP contribution >= 0.6 is 0 Å². The smallest absolute Gasteiger partial charge is 0.226 e. The van der Waals surface area contributed by atoms with Crippen LogP contribution < -0.4 is 5.32 Å². The van der Waals surface area contributed by atoms with E-state index in [2.05, 4.69) is 5.32 Å². The molecule has 2 aliphatic heterocycles. The van der Waals surface area contributed by atoms with Crippen LogP contribution in [0.2, 0.25) is 0 Å². The number of nitrogens with one attached hydrogen (secondary N) is 1. The van der Waals surface area contributed by atoms with Gasteiger partial charge in [0.05, 0.1) is 18.1 Å². The van der Waals surface area contributed by atoms with Crippen molar-refractivity contribution in [3.8, 4) is 0 Å². The Hall–Kier alpha value is -1.75. The second kappa shape index (κ2) is 6.16. The van der Waals surface area contributed by atoms with Gasteiger partial charge in [-0.15, -0.1) is 0 Å². The van der Waals surface area contributed by atoms with Gasteiger partial charge in [-0.3, -0.25) is 9.59 Å². The Bertz CT molecular complexity index is 572. The number of ether oxygens (including phenoxy) is 1. The van der Waals surface area contributed by atoms with Crippen molar-refractivity contribution in [1.82, 2.24) is 5.32 Å². The van der Waals surface area contributed by atoms with Crippen molar-refractivity contribution in [3.05, 3.63) is 35.6 Å². The molecule has 0 spiro atoms. The summed E-state index contributed by atoms with van der Waals surface area (Å²) in [5, 5.41) is 2.90. The summed E-state index contributed by atoms with van der Waals surface area (Å²) in [4.78, 5) is 24.4. The maximum Gasteiger partial charge on any atom is 0.226 e. The SMILES string of the molecule is C[C@H](CC(=O)c1ccc(F)cc1)NC(=O)[C@@H]1C[C@H]2CC[C@H]1O2. The molecule has 5 heteroatoms. The van der Waals surface area contributed by atoms with E-state index in [4.69, 9.17) is 4.74 Å². The van der Waals surface area contributed by atoms with Crippen molar-refractivity contribution < 1.29 is 18.7 Å². The van der Waals surface area contributed by atoms with Gasteiger partial charge in [-0.1, -0.05) is 0 Å². The topological polar surface area (TPSA) is 55.4 Å². The van der Waals surface area contributed by atoms with Crippen LogP contribution in [-0.2, 0) is 9.53 Å². The summed E-state index contributed by atoms with van der Waals surface area (Å²) in [6, 6.07) is 5.22. The monoisotopic (exact) mass is 305 g/mol. The number of carbonyl (C=O) groups is 2. The summed E-state index contributed by atoms with van der Waals surface area (Å²) >= 11 is 0. The molecule has 0 saturated carbocycles. The molecule has 1 N–H and O–H groups in total. The maximum atomic E-state index is 12.9. The molecule has 3 rings (SSSR count). The Kier molecular flexibility index (Phi) is 4.25. The molecular weight excluding hydrogens is 285 g/mol. The number of ketones is 1. The molecule has 2 fully saturated rings. The predicted molar refractivity (Wildman–Crippen MR) is 79.0 cm³/mol. The lowest BCUT2D eigenvalue weighted by Gasteiger charge is -2.21. The fraction of sp³-hybridized carbons (Fsp3) is 0.529. The van der Waals surface area contributed by atoms with Gasteiger partial charge < -0.3 is 10.1 Å². The average Bonchev–Trinajstić information content (AvgIpc) is 3.10. The summed E-state index contributed by atoms with van der Waals surface area (Å²) in [5.74, 6) is -0.570. The first-order valence-corrected chi connectivity index (χ1v) is 7.77. The molecule has 2 saturated heterocycles. The van der Waals surface area contributed by atoms with Crippen LogP contribution in [0.1, 0.15) is 43.0 Å². The molecule has 0 unspecified atom stereocenters. The van der Waals surface area contributed by atoms with Crippen molar-refractivity contribution in [1.29, 1.82) is 0 Å². The lowest BCUT2D eigenvalue weighted by molar-refractivity contribution is -0.127. The summed E-state index contributed by atoms with van der Waals surface area (Å²) in [5.41, 5.74) is 0.464. The van der Waals surface area contributed by atoms with E-state index in [-0.39, 0.29) is 48.1 Å². The van der Waals surface area contributed by atoms with Gasteiger partial charge in [-0.2, -0.15) is 0 Å². The van der Waals surface area contributed by atoms with E-state index in [0.717, 1.165) is 19.3 Å². The molecule has 2 aliphatic rings. The number of hydrogen-bond donors (Lipinski definition) is 1. The molecule has 1 aromatic rings. The van der Waals surface area contributed by atoms with Crippen molar-refractivity contribution in [2.24, 2.45) is 5.92 Å². The first-order valence-electron chi connectivity index (χ1n) is 7.77. The number of amides is 1. The first-order chi connectivity index (χ1) is 10.5. The van der Waals surface area contributed by atoms with Gasteiger partial charge >= 0.3 is 0 Å². The molecule has 0 aliphatic carbocycles. The van der Waals surface area contributed by atoms with Crippen molar-refractivity contribution in [3.63, 3.8) is 0 Å². The van der Waals surface area contributed by atoms with Crippen molar-refractivity contribution >= 4 is 11.7 Å². The molecule has 1 aromatic carbocycles. The Morgan fingerprint density at radius 3 is 2.64 bits per heavy atom. The maximum absolute atomic E-state index is 12.9. The third-order valence-corrected chi connectivity index (χ3v) is 4.49. The molecule has 0 radical (unpaired) electrons. The average molecular weight is 305 g/mol. The van der Waals surface area contributed by atoms with E-state index in [0.29, 0.717) is 5.56 Å². The highest BCUT2D eigenvalue weighted by molar-refractivity contribution is 5.96. The highest BCUT2D eigenvalue weighted by atomic mass is 19.1. The number of benzene rings is 1. The van der Waals surface area contributed by atoms with Gasteiger partial charge in [0.2, 0.25) is 5.91 Å². The van der Waals surface area contributed by atoms with Crippen molar-refractivity contribution in [2.75, 3.05) is 0 Å². The number of carbonyl (C=O) groups excluding carboxylic acids is 2. The third-order valence-electron chi connectivity index (χ3n) is 4.49. The van der Waals surface area contributed by atoms with Crippen LogP contribution in [0.4, 0.5) is 4.39 Å². The number of Topliss-reactive ketones (excluding diaryl/α,β-unsaturated/α-hetero) is 1. The minimum Gasteiger partial charge on any atom is -0.374 e. The van der Waals surface area contributed by atoms with Crippen LogP contribution in [0.5, 0.6) is 0 Å². The van der Waals surface area contributed by atoms with Gasteiger partial charge in [0.1, 0.15) is 5.82 Å². The Balaban J connectivity index is 1.51. The van der Waals surface area contributed by atoms with E-state index in [1.54, 1.807) is 0 Å². The normalized spacial score (nSPS) is 27.6. The van der Waals surface area contributed by atoms with Crippen LogP contribution in [-0.4, -0.2) is 29.9 Å². The minimum atomic E-state index is -0.366. The summed E-state index contributed by atoms with van der Waals surface area (Å²) in [7, 11) is 0. The van der Waals surface area contributed by atoms with E-state index >= 15 is 0 Å². The Morgan fingerprint density at radius 1 is 1.32 bits per heavy atom. The van der Waals surface area contributed by atoms with Crippen LogP contribution in [0.25, 0.3) is 0 Å². The van der Waals surface area contributed by atoms with Crippen LogP contribution in [0, 0.1) is 11.7 Å². The van der Waals surface area contributed by atoms with Gasteiger partial charge in [0, 0.05) is 18.0 Å². The van der Waals surface area contributed by atoms with E-state index in [1.807, 2.05) is 6.92 Å². The third kappa shape index (κ3) is 3.19. The largest absolute Gasteiger partial charge is 0.374 e. The molecule has 1 amide bonds. The highest BCUT2D eigenvalue weighted by Crippen LogP contribution is 2.38. The van der Waals surface area contributed by atoms with Crippen molar-refractivity contribution in [2.45, 2.75) is 50.9 Å². The quantitative estimate of drug-likeness (QED) is 0.850. The Labute approximate surface area is 129 Å². The number of hydrogen-bond acceptors (Lipinski definition) is 3. The molecule has 22 heavy (non-hydrogen) atoms. The molecule has 4 atom stereocenters. The van der Waals surface area contributed by atoms with Crippen LogP contribution in [0.15, 0.2) is 24.3 Å². The second-order valence-corrected chi connectivity index (χ2v) is 6.26. The fourth-order valence-corrected chi connectivity index (χ4v) is 3.35. The lowest BCUT2D eigenvalue weighted by Crippen LogP contribution is -2.41. The molecule has 2 bridgehead atoms. The highest BCUT2D eigenvalue weighted by Gasteiger charge is 2.44. The van der Waals surface area contributed by atoms with Gasteiger partial charge in [-0.05, 0) is 50.5 Å². The minimum absolute atomic E-state index is 0.0217. The number of fused-ring (bicyclic) bond motifs is 2. The van der Waals surface area contributed by atoms with Gasteiger partial charge in [0.25, 0.3) is 0 Å². The zero-order chi connectivity index (χ0) is 15.7. The lowest BCUT2D eigenvalue weighted by atomic mass is 9.88. The number of rotatable bonds is 5. The molecular formula is C17H20FNO3. The first kappa shape index (κ1) is 15.2. The zero-order valence-corrected chi connectivity index (χ0v) is 12.5. The van der Waals surface area contributed by atoms with Gasteiger partial charge in [-0.25, -0.2) is 4.39 Å². The van der Waals surface area contributed by atoms with E-state index in [1.165, 1.54) is 24.3 Å². The zero-order valence-electron chi connectivity index (χ0n) is 12.5. The summed E-state index contributed by atoms with van der Waals surface area (Å²) in [6.45, 7) is 1.81. The molecule has 118 valence electrons. The number of halogens is 1. The van der Waals surface area contributed by atoms with E-state index in [9.17, 15) is 14.0 Å². The summed E-state index contributed by atoms with van der Waals surface area (Å²) < 4.78 is 18.5. The molecule has 4 nitrogen and oxygen atoms in total. The molecule has 0 aromatic heterocycles. The van der Waals surface area contributed by atoms with Gasteiger partial charge in [0.15, 0.2) is 5.78 Å². The fourth-order valence-electron chi connectivity index (χ4n) is 3.35. The standard InChI is InChI=1S/C17H20FNO3/c1-10(8-15(20)11-2-4-12(18)5-3-11)19-17(21)14-9-13-6-7-16(14)22-13/h2-5,10,13-14,16H,6-9H2,1H3,(H,19,21)/t10-,13-,14-,16-/m1/s1. The van der Waals surface area contributed by atoms with Crippen LogP contribution in [0.3, 0.4) is 0 Å². The Morgan fingerprint density at radius 2 is 2.05 bits per heavy atom. The summed E-state index contributed by atoms with van der Waals surface area (Å²) in [6.07, 6.45) is 3.27. The van der Waals surface area contributed by atoms with E-state index < -0.39 is 0 Å².